The largest absolute Gasteiger partial charge is 0.573 e. The van der Waals surface area contributed by atoms with E-state index in [9.17, 15) is 18.0 Å². The number of ketones is 1. The summed E-state index contributed by atoms with van der Waals surface area (Å²) >= 11 is 0. The maximum atomic E-state index is 13.1. The number of carbonyl (C=O) groups is 1. The lowest BCUT2D eigenvalue weighted by Gasteiger charge is -2.48. The third-order valence-electron chi connectivity index (χ3n) is 7.70. The number of halogens is 3. The topological polar surface area (TPSA) is 70.8 Å². The normalized spacial score (nSPS) is 30.3. The lowest BCUT2D eigenvalue weighted by atomic mass is 9.66. The van der Waals surface area contributed by atoms with Crippen LogP contribution in [0.25, 0.3) is 5.70 Å². The van der Waals surface area contributed by atoms with Gasteiger partial charge >= 0.3 is 6.36 Å². The maximum absolute atomic E-state index is 13.1. The Hall–Kier alpha value is -2.06. The number of Topliss-reactive ketones (excluding diaryl/α,β-unsaturated/α-hetero) is 1. The zero-order chi connectivity index (χ0) is 24.5. The summed E-state index contributed by atoms with van der Waals surface area (Å²) in [5, 5.41) is 0. The van der Waals surface area contributed by atoms with Gasteiger partial charge in [-0.25, -0.2) is 0 Å². The van der Waals surface area contributed by atoms with Crippen LogP contribution in [0.15, 0.2) is 29.8 Å². The smallest absolute Gasteiger partial charge is 0.405 e. The molecular formula is C26H34F3NO4. The summed E-state index contributed by atoms with van der Waals surface area (Å²) in [7, 11) is 0. The van der Waals surface area contributed by atoms with Crippen LogP contribution in [0.4, 0.5) is 13.2 Å². The quantitative estimate of drug-likeness (QED) is 0.488. The highest BCUT2D eigenvalue weighted by atomic mass is 19.4. The number of rotatable bonds is 8. The Balaban J connectivity index is 1.55. The number of carbonyl (C=O) groups excluding carboxylic acids is 1. The van der Waals surface area contributed by atoms with Gasteiger partial charge in [-0.15, -0.1) is 13.2 Å². The number of nitrogens with two attached hydrogens (primary N) is 1. The minimum Gasteiger partial charge on any atom is -0.405 e. The Morgan fingerprint density at radius 3 is 2.59 bits per heavy atom. The lowest BCUT2D eigenvalue weighted by molar-refractivity contribution is -0.274. The van der Waals surface area contributed by atoms with Gasteiger partial charge in [-0.1, -0.05) is 32.4 Å². The molecule has 2 N–H and O–H groups in total. The molecule has 34 heavy (non-hydrogen) atoms. The van der Waals surface area contributed by atoms with E-state index in [4.69, 9.17) is 15.2 Å². The fourth-order valence-electron chi connectivity index (χ4n) is 5.79. The predicted molar refractivity (Wildman–Crippen MR) is 122 cm³/mol. The minimum atomic E-state index is -4.86. The molecule has 2 saturated carbocycles. The first-order valence-corrected chi connectivity index (χ1v) is 12.3. The summed E-state index contributed by atoms with van der Waals surface area (Å²) in [5.41, 5.74) is 6.51. The molecule has 0 amide bonds. The lowest BCUT2D eigenvalue weighted by Crippen LogP contribution is -2.50. The molecule has 0 bridgehead atoms. The van der Waals surface area contributed by atoms with E-state index >= 15 is 0 Å². The van der Waals surface area contributed by atoms with Crippen molar-refractivity contribution in [1.29, 1.82) is 0 Å². The van der Waals surface area contributed by atoms with Gasteiger partial charge in [0.2, 0.25) is 0 Å². The number of hydrogen-bond donors (Lipinski definition) is 1. The number of alkyl halides is 3. The van der Waals surface area contributed by atoms with Gasteiger partial charge in [-0.3, -0.25) is 4.79 Å². The van der Waals surface area contributed by atoms with Crippen molar-refractivity contribution in [1.82, 2.24) is 0 Å². The zero-order valence-corrected chi connectivity index (χ0v) is 19.8. The second-order valence-corrected chi connectivity index (χ2v) is 9.89. The predicted octanol–water partition coefficient (Wildman–Crippen LogP) is 5.62. The van der Waals surface area contributed by atoms with Crippen molar-refractivity contribution in [2.24, 2.45) is 23.5 Å². The molecule has 3 aliphatic rings. The standard InChI is InChI=1S/C26H34F3NO4/c1-3-18-14-19(13-16(2)25(18)11-6-12-33-25)32-15-21(24(31)17-9-10-17)23(30)20-7-4-5-8-22(20)34-26(27,28)29/h4-5,7-8,16-19H,3,6,9-15,30H2,1-2H3. The fraction of sp³-hybridized carbons (Fsp3) is 0.654. The molecule has 188 valence electrons. The van der Waals surface area contributed by atoms with Gasteiger partial charge in [0.1, 0.15) is 5.75 Å². The molecule has 1 aliphatic heterocycles. The molecule has 8 heteroatoms. The molecule has 2 aliphatic carbocycles. The van der Waals surface area contributed by atoms with E-state index in [-0.39, 0.29) is 46.8 Å². The molecule has 0 aromatic heterocycles. The molecule has 1 saturated heterocycles. The van der Waals surface area contributed by atoms with Crippen LogP contribution in [0, 0.1) is 17.8 Å². The van der Waals surface area contributed by atoms with Crippen LogP contribution in [0.2, 0.25) is 0 Å². The van der Waals surface area contributed by atoms with Gasteiger partial charge in [0.05, 0.1) is 24.0 Å². The van der Waals surface area contributed by atoms with Crippen molar-refractivity contribution >= 4 is 11.5 Å². The average Bonchev–Trinajstić information content (AvgIpc) is 3.53. The minimum absolute atomic E-state index is 0.0109. The van der Waals surface area contributed by atoms with Crippen molar-refractivity contribution in [2.75, 3.05) is 13.2 Å². The third kappa shape index (κ3) is 5.28. The second-order valence-electron chi connectivity index (χ2n) is 9.89. The van der Waals surface area contributed by atoms with Crippen molar-refractivity contribution in [3.8, 4) is 5.75 Å². The van der Waals surface area contributed by atoms with Gasteiger partial charge < -0.3 is 19.9 Å². The van der Waals surface area contributed by atoms with E-state index in [1.165, 1.54) is 18.2 Å². The van der Waals surface area contributed by atoms with Gasteiger partial charge in [0, 0.05) is 23.7 Å². The summed E-state index contributed by atoms with van der Waals surface area (Å²) < 4.78 is 55.5. The Morgan fingerprint density at radius 1 is 1.24 bits per heavy atom. The monoisotopic (exact) mass is 481 g/mol. The number of ether oxygens (including phenoxy) is 3. The Kier molecular flexibility index (Phi) is 7.29. The molecule has 5 nitrogen and oxygen atoms in total. The summed E-state index contributed by atoms with van der Waals surface area (Å²) in [6.45, 7) is 5.14. The van der Waals surface area contributed by atoms with Crippen molar-refractivity contribution in [3.63, 3.8) is 0 Å². The van der Waals surface area contributed by atoms with Gasteiger partial charge in [-0.05, 0) is 62.5 Å². The van der Waals surface area contributed by atoms with E-state index in [2.05, 4.69) is 18.6 Å². The zero-order valence-electron chi connectivity index (χ0n) is 19.8. The molecule has 1 heterocycles. The van der Waals surface area contributed by atoms with Crippen LogP contribution < -0.4 is 10.5 Å². The Labute approximate surface area is 198 Å². The SMILES string of the molecule is CCC1CC(OCC(C(=O)C2CC2)=C(N)c2ccccc2OC(F)(F)F)CC(C)C12CCCO2. The highest BCUT2D eigenvalue weighted by molar-refractivity contribution is 6.05. The van der Waals surface area contributed by atoms with E-state index in [1.54, 1.807) is 6.07 Å². The third-order valence-corrected chi connectivity index (χ3v) is 7.70. The van der Waals surface area contributed by atoms with Crippen molar-refractivity contribution < 1.29 is 32.2 Å². The molecule has 1 aromatic rings. The molecular weight excluding hydrogens is 447 g/mol. The van der Waals surface area contributed by atoms with E-state index in [0.717, 1.165) is 51.6 Å². The van der Waals surface area contributed by atoms with Crippen LogP contribution in [0.5, 0.6) is 5.75 Å². The van der Waals surface area contributed by atoms with Crippen molar-refractivity contribution in [3.05, 3.63) is 35.4 Å². The average molecular weight is 482 g/mol. The van der Waals surface area contributed by atoms with E-state index in [0.29, 0.717) is 11.8 Å². The first kappa shape index (κ1) is 25.0. The van der Waals surface area contributed by atoms with Gasteiger partial charge in [0.25, 0.3) is 0 Å². The summed E-state index contributed by atoms with van der Waals surface area (Å²) in [6.07, 6.45) is 1.36. The highest BCUT2D eigenvalue weighted by Gasteiger charge is 2.50. The van der Waals surface area contributed by atoms with Gasteiger partial charge in [-0.2, -0.15) is 0 Å². The number of hydrogen-bond acceptors (Lipinski definition) is 5. The molecule has 1 spiro atoms. The molecule has 1 aromatic carbocycles. The van der Waals surface area contributed by atoms with Gasteiger partial charge in [0.15, 0.2) is 5.78 Å². The Morgan fingerprint density at radius 2 is 1.97 bits per heavy atom. The molecule has 4 rings (SSSR count). The number of benzene rings is 1. The van der Waals surface area contributed by atoms with E-state index in [1.807, 2.05) is 0 Å². The van der Waals surface area contributed by atoms with E-state index < -0.39 is 12.1 Å². The molecule has 4 atom stereocenters. The highest BCUT2D eigenvalue weighted by Crippen LogP contribution is 2.49. The molecule has 4 unspecified atom stereocenters. The summed E-state index contributed by atoms with van der Waals surface area (Å²) in [4.78, 5) is 13.1. The van der Waals surface area contributed by atoms with Crippen LogP contribution >= 0.6 is 0 Å². The summed E-state index contributed by atoms with van der Waals surface area (Å²) in [6, 6.07) is 5.65. The molecule has 0 radical (unpaired) electrons. The first-order chi connectivity index (χ1) is 16.1. The first-order valence-electron chi connectivity index (χ1n) is 12.3. The maximum Gasteiger partial charge on any atom is 0.573 e. The van der Waals surface area contributed by atoms with Crippen LogP contribution in [-0.2, 0) is 14.3 Å². The van der Waals surface area contributed by atoms with Crippen LogP contribution in [-0.4, -0.2) is 37.1 Å². The Bertz CT molecular complexity index is 919. The number of para-hydroxylation sites is 1. The molecule has 3 fully saturated rings. The second kappa shape index (κ2) is 9.90. The van der Waals surface area contributed by atoms with Crippen LogP contribution in [0.3, 0.4) is 0 Å². The van der Waals surface area contributed by atoms with Crippen molar-refractivity contribution in [2.45, 2.75) is 76.9 Å². The van der Waals surface area contributed by atoms with Crippen LogP contribution in [0.1, 0.15) is 64.4 Å². The summed E-state index contributed by atoms with van der Waals surface area (Å²) in [5.74, 6) is -0.0224. The fourth-order valence-corrected chi connectivity index (χ4v) is 5.79.